The number of likely N-dealkylation sites (tertiary alicyclic amines) is 1. The second kappa shape index (κ2) is 10.8. The molecule has 5 atom stereocenters. The van der Waals surface area contributed by atoms with E-state index >= 15 is 0 Å². The molecule has 1 saturated heterocycles. The Balaban J connectivity index is 1.41. The van der Waals surface area contributed by atoms with Gasteiger partial charge in [0.15, 0.2) is 0 Å². The lowest BCUT2D eigenvalue weighted by molar-refractivity contribution is -0.145. The summed E-state index contributed by atoms with van der Waals surface area (Å²) in [7, 11) is 4.54. The minimum Gasteiger partial charge on any atom is -0.496 e. The van der Waals surface area contributed by atoms with Crippen LogP contribution in [0.1, 0.15) is 55.4 Å². The SMILES string of the molecule is COc1cccc2[nH]c(C(=O)N3C[C@@H]4CCC[C@@H]4[C@H]3C(=O)N[C@@H](C[C@@H]3CCCC3=O)C(=O)C(=O)N(C)C)cc12. The molecule has 39 heavy (non-hydrogen) atoms. The highest BCUT2D eigenvalue weighted by atomic mass is 16.5. The number of methoxy groups -OCH3 is 1. The van der Waals surface area contributed by atoms with Gasteiger partial charge in [-0.15, -0.1) is 0 Å². The van der Waals surface area contributed by atoms with Gasteiger partial charge in [-0.2, -0.15) is 0 Å². The minimum absolute atomic E-state index is 0.0266. The van der Waals surface area contributed by atoms with E-state index in [1.54, 1.807) is 18.1 Å². The first-order valence-electron chi connectivity index (χ1n) is 13.7. The molecule has 1 aliphatic heterocycles. The van der Waals surface area contributed by atoms with Crippen molar-refractivity contribution in [3.8, 4) is 5.75 Å². The van der Waals surface area contributed by atoms with E-state index in [4.69, 9.17) is 4.74 Å². The number of carbonyl (C=O) groups excluding carboxylic acids is 5. The number of rotatable bonds is 8. The first-order chi connectivity index (χ1) is 18.7. The van der Waals surface area contributed by atoms with Crippen LogP contribution in [-0.4, -0.2) is 83.9 Å². The summed E-state index contributed by atoms with van der Waals surface area (Å²) in [6.07, 6.45) is 4.63. The first-order valence-corrected chi connectivity index (χ1v) is 13.7. The molecule has 208 valence electrons. The Morgan fingerprint density at radius 1 is 1.15 bits per heavy atom. The number of Topliss-reactive ketones (excluding diaryl/α,β-unsaturated/α-hetero) is 2. The van der Waals surface area contributed by atoms with Gasteiger partial charge in [-0.05, 0) is 62.1 Å². The Morgan fingerprint density at radius 2 is 1.95 bits per heavy atom. The van der Waals surface area contributed by atoms with E-state index in [0.29, 0.717) is 30.8 Å². The monoisotopic (exact) mass is 536 g/mol. The van der Waals surface area contributed by atoms with Crippen LogP contribution in [0.5, 0.6) is 5.75 Å². The molecule has 2 aliphatic carbocycles. The average Bonchev–Trinajstić information content (AvgIpc) is 3.70. The van der Waals surface area contributed by atoms with Crippen molar-refractivity contribution in [2.24, 2.45) is 17.8 Å². The van der Waals surface area contributed by atoms with Gasteiger partial charge in [0.05, 0.1) is 13.2 Å². The third kappa shape index (κ3) is 5.04. The van der Waals surface area contributed by atoms with Gasteiger partial charge in [-0.3, -0.25) is 24.0 Å². The molecule has 0 unspecified atom stereocenters. The smallest absolute Gasteiger partial charge is 0.291 e. The summed E-state index contributed by atoms with van der Waals surface area (Å²) in [6, 6.07) is 5.38. The van der Waals surface area contributed by atoms with E-state index in [2.05, 4.69) is 10.3 Å². The molecular weight excluding hydrogens is 500 g/mol. The number of hydrogen-bond acceptors (Lipinski definition) is 6. The summed E-state index contributed by atoms with van der Waals surface area (Å²) in [5.41, 5.74) is 1.12. The van der Waals surface area contributed by atoms with E-state index in [0.717, 1.165) is 36.6 Å². The van der Waals surface area contributed by atoms with Crippen molar-refractivity contribution >= 4 is 40.2 Å². The van der Waals surface area contributed by atoms with Gasteiger partial charge < -0.3 is 24.8 Å². The highest BCUT2D eigenvalue weighted by Gasteiger charge is 2.50. The Kier molecular flexibility index (Phi) is 7.46. The predicted molar refractivity (Wildman–Crippen MR) is 143 cm³/mol. The fraction of sp³-hybridized carbons (Fsp3) is 0.552. The van der Waals surface area contributed by atoms with Crippen LogP contribution in [0.25, 0.3) is 10.9 Å². The zero-order valence-corrected chi connectivity index (χ0v) is 22.7. The standard InChI is InChI=1S/C29H36N4O6/c1-32(2)29(38)26(35)21(13-16-7-5-11-23(16)34)31-27(36)25-18-9-4-8-17(18)15-33(25)28(37)22-14-19-20(30-22)10-6-12-24(19)39-3/h6,10,12,14,16-18,21,25,30H,4-5,7-9,11,13,15H2,1-3H3,(H,31,36)/t16-,17-,18-,21-,25-/m0/s1. The van der Waals surface area contributed by atoms with Crippen molar-refractivity contribution in [2.45, 2.75) is 57.0 Å². The van der Waals surface area contributed by atoms with Crippen LogP contribution in [0.4, 0.5) is 0 Å². The van der Waals surface area contributed by atoms with Crippen LogP contribution < -0.4 is 10.1 Å². The van der Waals surface area contributed by atoms with Crippen molar-refractivity contribution in [2.75, 3.05) is 27.7 Å². The number of hydrogen-bond donors (Lipinski definition) is 2. The lowest BCUT2D eigenvalue weighted by Gasteiger charge is -2.29. The maximum absolute atomic E-state index is 13.9. The lowest BCUT2D eigenvalue weighted by atomic mass is 9.91. The first kappa shape index (κ1) is 26.9. The number of ether oxygens (including phenoxy) is 1. The number of nitrogens with zero attached hydrogens (tertiary/aromatic N) is 2. The largest absolute Gasteiger partial charge is 0.496 e. The van der Waals surface area contributed by atoms with Gasteiger partial charge in [0.25, 0.3) is 11.8 Å². The number of fused-ring (bicyclic) bond motifs is 2. The molecule has 10 nitrogen and oxygen atoms in total. The highest BCUT2D eigenvalue weighted by molar-refractivity contribution is 6.38. The van der Waals surface area contributed by atoms with Crippen molar-refractivity contribution in [1.82, 2.24) is 20.1 Å². The molecular formula is C29H36N4O6. The van der Waals surface area contributed by atoms with Crippen molar-refractivity contribution in [1.29, 1.82) is 0 Å². The van der Waals surface area contributed by atoms with E-state index in [9.17, 15) is 24.0 Å². The maximum Gasteiger partial charge on any atom is 0.291 e. The number of aromatic amines is 1. The molecule has 0 spiro atoms. The van der Waals surface area contributed by atoms with Gasteiger partial charge in [-0.25, -0.2) is 0 Å². The van der Waals surface area contributed by atoms with Gasteiger partial charge in [0, 0.05) is 43.9 Å². The van der Waals surface area contributed by atoms with Crippen LogP contribution in [0.2, 0.25) is 0 Å². The molecule has 2 heterocycles. The molecule has 1 aromatic heterocycles. The van der Waals surface area contributed by atoms with Crippen LogP contribution in [0.15, 0.2) is 24.3 Å². The maximum atomic E-state index is 13.9. The zero-order valence-electron chi connectivity index (χ0n) is 22.7. The second-order valence-corrected chi connectivity index (χ2v) is 11.3. The molecule has 1 aromatic carbocycles. The number of amides is 3. The molecule has 0 radical (unpaired) electrons. The third-order valence-electron chi connectivity index (χ3n) is 8.70. The Morgan fingerprint density at radius 3 is 2.64 bits per heavy atom. The van der Waals surface area contributed by atoms with Gasteiger partial charge in [0.1, 0.15) is 23.3 Å². The number of carbonyl (C=O) groups is 5. The summed E-state index contributed by atoms with van der Waals surface area (Å²) in [5, 5.41) is 3.60. The molecule has 3 amide bonds. The molecule has 3 aliphatic rings. The highest BCUT2D eigenvalue weighted by Crippen LogP contribution is 2.43. The van der Waals surface area contributed by atoms with Gasteiger partial charge >= 0.3 is 0 Å². The van der Waals surface area contributed by atoms with Crippen molar-refractivity contribution in [3.63, 3.8) is 0 Å². The number of likely N-dealkylation sites (N-methyl/N-ethyl adjacent to an activating group) is 1. The topological polar surface area (TPSA) is 129 Å². The van der Waals surface area contributed by atoms with Gasteiger partial charge in [-0.1, -0.05) is 12.5 Å². The fourth-order valence-electron chi connectivity index (χ4n) is 6.71. The fourth-order valence-corrected chi connectivity index (χ4v) is 6.71. The number of aromatic nitrogens is 1. The average molecular weight is 537 g/mol. The van der Waals surface area contributed by atoms with Crippen molar-refractivity contribution < 1.29 is 28.7 Å². The van der Waals surface area contributed by atoms with E-state index in [-0.39, 0.29) is 35.9 Å². The summed E-state index contributed by atoms with van der Waals surface area (Å²) < 4.78 is 5.43. The Labute approximate surface area is 227 Å². The number of nitrogens with one attached hydrogen (secondary N) is 2. The second-order valence-electron chi connectivity index (χ2n) is 11.3. The molecule has 10 heteroatoms. The van der Waals surface area contributed by atoms with Gasteiger partial charge in [0.2, 0.25) is 11.7 Å². The van der Waals surface area contributed by atoms with E-state index in [1.807, 2.05) is 18.2 Å². The van der Waals surface area contributed by atoms with Crippen LogP contribution in [0, 0.1) is 17.8 Å². The molecule has 5 rings (SSSR count). The zero-order chi connectivity index (χ0) is 27.8. The van der Waals surface area contributed by atoms with Crippen LogP contribution in [0.3, 0.4) is 0 Å². The number of benzene rings is 1. The Bertz CT molecular complexity index is 1320. The molecule has 3 fully saturated rings. The van der Waals surface area contributed by atoms with Crippen molar-refractivity contribution in [3.05, 3.63) is 30.0 Å². The summed E-state index contributed by atoms with van der Waals surface area (Å²) in [6.45, 7) is 0.449. The quantitative estimate of drug-likeness (QED) is 0.499. The molecule has 2 aromatic rings. The van der Waals surface area contributed by atoms with E-state index < -0.39 is 29.7 Å². The number of ketones is 2. The van der Waals surface area contributed by atoms with Crippen LogP contribution >= 0.6 is 0 Å². The molecule has 0 bridgehead atoms. The third-order valence-corrected chi connectivity index (χ3v) is 8.70. The Hall–Kier alpha value is -3.69. The predicted octanol–water partition coefficient (Wildman–Crippen LogP) is 2.32. The van der Waals surface area contributed by atoms with Crippen LogP contribution in [-0.2, 0) is 19.2 Å². The minimum atomic E-state index is -1.12. The normalized spacial score (nSPS) is 25.0. The van der Waals surface area contributed by atoms with E-state index in [1.165, 1.54) is 19.0 Å². The summed E-state index contributed by atoms with van der Waals surface area (Å²) >= 11 is 0. The number of H-pyrrole nitrogens is 1. The lowest BCUT2D eigenvalue weighted by Crippen LogP contribution is -2.55. The molecule has 2 saturated carbocycles. The molecule has 2 N–H and O–H groups in total. The summed E-state index contributed by atoms with van der Waals surface area (Å²) in [4.78, 5) is 71.7. The summed E-state index contributed by atoms with van der Waals surface area (Å²) in [5.74, 6) is -1.70.